The number of ketones is 1. The zero-order valence-electron chi connectivity index (χ0n) is 9.15. The van der Waals surface area contributed by atoms with Crippen molar-refractivity contribution in [3.63, 3.8) is 0 Å². The van der Waals surface area contributed by atoms with E-state index >= 15 is 0 Å². The van der Waals surface area contributed by atoms with Gasteiger partial charge in [-0.15, -0.1) is 0 Å². The molecular weight excluding hydrogens is 206 g/mol. The SMILES string of the molecule is CC(=O)c1ccc2c(c1)C(C(=O)O)C(C)N2. The van der Waals surface area contributed by atoms with Crippen molar-refractivity contribution >= 4 is 17.4 Å². The van der Waals surface area contributed by atoms with Gasteiger partial charge in [-0.25, -0.2) is 0 Å². The van der Waals surface area contributed by atoms with Gasteiger partial charge in [-0.1, -0.05) is 0 Å². The molecule has 2 rings (SSSR count). The predicted molar refractivity (Wildman–Crippen MR) is 59.9 cm³/mol. The molecule has 4 heteroatoms. The maximum absolute atomic E-state index is 11.2. The number of Topliss-reactive ketones (excluding diaryl/α,β-unsaturated/α-hetero) is 1. The van der Waals surface area contributed by atoms with Gasteiger partial charge in [-0.3, -0.25) is 9.59 Å². The van der Waals surface area contributed by atoms with Crippen LogP contribution in [0.5, 0.6) is 0 Å². The summed E-state index contributed by atoms with van der Waals surface area (Å²) in [6, 6.07) is 5.01. The maximum atomic E-state index is 11.2. The summed E-state index contributed by atoms with van der Waals surface area (Å²) < 4.78 is 0. The largest absolute Gasteiger partial charge is 0.481 e. The first kappa shape index (κ1) is 10.7. The van der Waals surface area contributed by atoms with E-state index in [0.717, 1.165) is 5.69 Å². The normalized spacial score (nSPS) is 22.4. The van der Waals surface area contributed by atoms with Crippen LogP contribution in [-0.2, 0) is 4.79 Å². The fourth-order valence-electron chi connectivity index (χ4n) is 2.12. The second-order valence-corrected chi connectivity index (χ2v) is 4.11. The number of carbonyl (C=O) groups is 2. The Morgan fingerprint density at radius 2 is 2.06 bits per heavy atom. The molecule has 0 radical (unpaired) electrons. The van der Waals surface area contributed by atoms with Gasteiger partial charge in [0, 0.05) is 17.3 Å². The van der Waals surface area contributed by atoms with Gasteiger partial charge >= 0.3 is 5.97 Å². The Morgan fingerprint density at radius 3 is 2.62 bits per heavy atom. The van der Waals surface area contributed by atoms with Crippen LogP contribution in [0, 0.1) is 0 Å². The van der Waals surface area contributed by atoms with Gasteiger partial charge in [0.05, 0.1) is 0 Å². The van der Waals surface area contributed by atoms with E-state index < -0.39 is 11.9 Å². The number of carboxylic acids is 1. The molecule has 0 bridgehead atoms. The highest BCUT2D eigenvalue weighted by Crippen LogP contribution is 2.36. The van der Waals surface area contributed by atoms with Crippen molar-refractivity contribution in [2.24, 2.45) is 0 Å². The molecule has 0 aromatic heterocycles. The zero-order chi connectivity index (χ0) is 11.9. The Bertz CT molecular complexity index is 467. The molecule has 84 valence electrons. The number of hydrogen-bond acceptors (Lipinski definition) is 3. The molecule has 2 N–H and O–H groups in total. The first-order valence-electron chi connectivity index (χ1n) is 5.15. The van der Waals surface area contributed by atoms with Gasteiger partial charge in [0.2, 0.25) is 0 Å². The van der Waals surface area contributed by atoms with Gasteiger partial charge < -0.3 is 10.4 Å². The summed E-state index contributed by atoms with van der Waals surface area (Å²) in [5, 5.41) is 12.2. The molecule has 0 saturated carbocycles. The molecule has 4 nitrogen and oxygen atoms in total. The van der Waals surface area contributed by atoms with Gasteiger partial charge in [0.25, 0.3) is 0 Å². The standard InChI is InChI=1S/C12H13NO3/c1-6-11(12(15)16)9-5-8(7(2)14)3-4-10(9)13-6/h3-6,11,13H,1-2H3,(H,15,16). The number of nitrogens with one attached hydrogen (secondary N) is 1. The van der Waals surface area contributed by atoms with E-state index in [9.17, 15) is 9.59 Å². The molecule has 1 aliphatic heterocycles. The molecule has 0 spiro atoms. The van der Waals surface area contributed by atoms with Gasteiger partial charge in [0.15, 0.2) is 5.78 Å². The molecule has 0 fully saturated rings. The first-order chi connectivity index (χ1) is 7.50. The van der Waals surface area contributed by atoms with Crippen LogP contribution < -0.4 is 5.32 Å². The van der Waals surface area contributed by atoms with Crippen molar-refractivity contribution in [1.82, 2.24) is 0 Å². The molecule has 0 aliphatic carbocycles. The van der Waals surface area contributed by atoms with Crippen molar-refractivity contribution in [3.8, 4) is 0 Å². The number of fused-ring (bicyclic) bond motifs is 1. The molecular formula is C12H13NO3. The second kappa shape index (κ2) is 3.63. The fourth-order valence-corrected chi connectivity index (χ4v) is 2.12. The van der Waals surface area contributed by atoms with E-state index in [1.54, 1.807) is 18.2 Å². The first-order valence-corrected chi connectivity index (χ1v) is 5.15. The van der Waals surface area contributed by atoms with Crippen LogP contribution in [0.1, 0.15) is 35.7 Å². The third kappa shape index (κ3) is 1.56. The number of hydrogen-bond donors (Lipinski definition) is 2. The minimum absolute atomic E-state index is 0.0495. The number of aliphatic carboxylic acids is 1. The van der Waals surface area contributed by atoms with E-state index in [4.69, 9.17) is 5.11 Å². The van der Waals surface area contributed by atoms with Gasteiger partial charge in [-0.05, 0) is 37.6 Å². The van der Waals surface area contributed by atoms with E-state index in [1.807, 2.05) is 6.92 Å². The van der Waals surface area contributed by atoms with Crippen molar-refractivity contribution in [1.29, 1.82) is 0 Å². The molecule has 0 amide bonds. The molecule has 1 aliphatic rings. The molecule has 1 aromatic carbocycles. The predicted octanol–water partition coefficient (Wildman–Crippen LogP) is 1.87. The molecule has 2 atom stereocenters. The average Bonchev–Trinajstić information content (AvgIpc) is 2.51. The number of anilines is 1. The monoisotopic (exact) mass is 219 g/mol. The summed E-state index contributed by atoms with van der Waals surface area (Å²) in [6.45, 7) is 3.30. The number of rotatable bonds is 2. The minimum Gasteiger partial charge on any atom is -0.481 e. The highest BCUT2D eigenvalue weighted by atomic mass is 16.4. The second-order valence-electron chi connectivity index (χ2n) is 4.11. The Hall–Kier alpha value is -1.84. The van der Waals surface area contributed by atoms with Crippen LogP contribution in [0.3, 0.4) is 0 Å². The minimum atomic E-state index is -0.862. The van der Waals surface area contributed by atoms with Crippen LogP contribution >= 0.6 is 0 Å². The molecule has 0 saturated heterocycles. The maximum Gasteiger partial charge on any atom is 0.313 e. The Balaban J connectivity index is 2.50. The lowest BCUT2D eigenvalue weighted by molar-refractivity contribution is -0.138. The third-order valence-corrected chi connectivity index (χ3v) is 2.94. The summed E-state index contributed by atoms with van der Waals surface area (Å²) in [5.41, 5.74) is 2.07. The van der Waals surface area contributed by atoms with Crippen LogP contribution in [0.4, 0.5) is 5.69 Å². The number of benzene rings is 1. The highest BCUT2D eigenvalue weighted by Gasteiger charge is 2.34. The summed E-state index contributed by atoms with van der Waals surface area (Å²) in [7, 11) is 0. The lowest BCUT2D eigenvalue weighted by Crippen LogP contribution is -2.23. The highest BCUT2D eigenvalue weighted by molar-refractivity contribution is 5.96. The number of carboxylic acid groups (broad SMARTS) is 1. The summed E-state index contributed by atoms with van der Waals surface area (Å²) in [5.74, 6) is -1.49. The van der Waals surface area contributed by atoms with E-state index in [2.05, 4.69) is 5.32 Å². The Labute approximate surface area is 93.3 Å². The molecule has 1 heterocycles. The molecule has 2 unspecified atom stereocenters. The fraction of sp³-hybridized carbons (Fsp3) is 0.333. The topological polar surface area (TPSA) is 66.4 Å². The quantitative estimate of drug-likeness (QED) is 0.745. The van der Waals surface area contributed by atoms with E-state index in [-0.39, 0.29) is 11.8 Å². The Kier molecular flexibility index (Phi) is 2.42. The zero-order valence-corrected chi connectivity index (χ0v) is 9.15. The smallest absolute Gasteiger partial charge is 0.313 e. The van der Waals surface area contributed by atoms with Crippen LogP contribution in [0.25, 0.3) is 0 Å². The van der Waals surface area contributed by atoms with Crippen molar-refractivity contribution in [2.45, 2.75) is 25.8 Å². The van der Waals surface area contributed by atoms with Crippen LogP contribution in [0.2, 0.25) is 0 Å². The Morgan fingerprint density at radius 1 is 1.38 bits per heavy atom. The lowest BCUT2D eigenvalue weighted by atomic mass is 9.94. The summed E-state index contributed by atoms with van der Waals surface area (Å²) >= 11 is 0. The van der Waals surface area contributed by atoms with Crippen molar-refractivity contribution in [3.05, 3.63) is 29.3 Å². The van der Waals surface area contributed by atoms with E-state index in [1.165, 1.54) is 6.92 Å². The molecule has 16 heavy (non-hydrogen) atoms. The third-order valence-electron chi connectivity index (χ3n) is 2.94. The van der Waals surface area contributed by atoms with Crippen molar-refractivity contribution in [2.75, 3.05) is 5.32 Å². The summed E-state index contributed by atoms with van der Waals surface area (Å²) in [6.07, 6.45) is 0. The van der Waals surface area contributed by atoms with Gasteiger partial charge in [0.1, 0.15) is 5.92 Å². The van der Waals surface area contributed by atoms with Crippen LogP contribution in [0.15, 0.2) is 18.2 Å². The lowest BCUT2D eigenvalue weighted by Gasteiger charge is -2.10. The van der Waals surface area contributed by atoms with E-state index in [0.29, 0.717) is 11.1 Å². The van der Waals surface area contributed by atoms with Gasteiger partial charge in [-0.2, -0.15) is 0 Å². The average molecular weight is 219 g/mol. The van der Waals surface area contributed by atoms with Crippen molar-refractivity contribution < 1.29 is 14.7 Å². The molecule has 1 aromatic rings. The summed E-state index contributed by atoms with van der Waals surface area (Å²) in [4.78, 5) is 22.4. The number of carbonyl (C=O) groups excluding carboxylic acids is 1. The van der Waals surface area contributed by atoms with Crippen LogP contribution in [-0.4, -0.2) is 22.9 Å².